The van der Waals surface area contributed by atoms with Crippen molar-refractivity contribution >= 4 is 40.3 Å². The molecule has 3 aromatic carbocycles. The fraction of sp³-hybridized carbons (Fsp3) is 0.226. The molecule has 0 aliphatic heterocycles. The number of nitrogens with zero attached hydrogens (tertiary/aromatic N) is 1. The second-order valence-corrected chi connectivity index (χ2v) is 10.2. The number of halogens is 1. The topological polar surface area (TPSA) is 50.7 Å². The van der Waals surface area contributed by atoms with Crippen LogP contribution in [0.5, 0.6) is 5.75 Å². The van der Waals surface area contributed by atoms with Crippen molar-refractivity contribution in [3.63, 3.8) is 0 Å². The van der Waals surface area contributed by atoms with Crippen LogP contribution in [0.25, 0.3) is 5.57 Å². The van der Waals surface area contributed by atoms with Crippen LogP contribution in [0.4, 0.5) is 0 Å². The first-order valence-electron chi connectivity index (χ1n) is 12.1. The highest BCUT2D eigenvalue weighted by atomic mass is 127. The van der Waals surface area contributed by atoms with Gasteiger partial charge >= 0.3 is 0 Å². The molecule has 1 aliphatic carbocycles. The number of hydrogen-bond donors (Lipinski definition) is 1. The van der Waals surface area contributed by atoms with Gasteiger partial charge in [-0.15, -0.1) is 6.42 Å². The third kappa shape index (κ3) is 6.44. The molecule has 0 spiro atoms. The monoisotopic (exact) mass is 588 g/mol. The maximum absolute atomic E-state index is 12.6. The lowest BCUT2D eigenvalue weighted by Crippen LogP contribution is -2.28. The Balaban J connectivity index is 1.48. The highest BCUT2D eigenvalue weighted by Gasteiger charge is 2.26. The van der Waals surface area contributed by atoms with Crippen LogP contribution in [0.15, 0.2) is 77.9 Å². The quantitative estimate of drug-likeness (QED) is 0.185. The Hall–Kier alpha value is -3.37. The molecule has 182 valence electrons. The van der Waals surface area contributed by atoms with Crippen molar-refractivity contribution in [3.8, 4) is 18.1 Å². The van der Waals surface area contributed by atoms with Gasteiger partial charge in [0.05, 0.1) is 27.7 Å². The lowest BCUT2D eigenvalue weighted by Gasteiger charge is -2.15. The Kier molecular flexibility index (Phi) is 8.61. The Morgan fingerprint density at radius 3 is 2.72 bits per heavy atom. The molecule has 1 amide bonds. The van der Waals surface area contributed by atoms with Gasteiger partial charge in [0.25, 0.3) is 0 Å². The number of nitrogens with one attached hydrogen (secondary N) is 1. The minimum atomic E-state index is -0.00710. The van der Waals surface area contributed by atoms with Gasteiger partial charge < -0.3 is 10.1 Å². The lowest BCUT2D eigenvalue weighted by molar-refractivity contribution is -0.121. The Bertz CT molecular complexity index is 1340. The van der Waals surface area contributed by atoms with Crippen molar-refractivity contribution in [1.82, 2.24) is 5.32 Å². The van der Waals surface area contributed by atoms with Crippen LogP contribution >= 0.6 is 22.6 Å². The molecule has 0 fully saturated rings. The normalized spacial score (nSPS) is 15.1. The number of fused-ring (bicyclic) bond motifs is 1. The average molecular weight is 588 g/mol. The first-order chi connectivity index (χ1) is 17.4. The number of rotatable bonds is 8. The van der Waals surface area contributed by atoms with E-state index in [0.717, 1.165) is 50.0 Å². The second kappa shape index (κ2) is 12.0. The molecule has 0 bridgehead atoms. The van der Waals surface area contributed by atoms with Crippen molar-refractivity contribution in [2.75, 3.05) is 0 Å². The summed E-state index contributed by atoms with van der Waals surface area (Å²) in [5.41, 5.74) is 6.04. The summed E-state index contributed by atoms with van der Waals surface area (Å²) < 4.78 is 6.84. The SMILES string of the molecule is C#C/C(=C\N=Cc1ccc(OC(C)C)c(I)c1)c1cccc2c1CC[C@@H]2NC(=O)Cc1ccccc1. The van der Waals surface area contributed by atoms with Gasteiger partial charge in [0.2, 0.25) is 5.91 Å². The van der Waals surface area contributed by atoms with Crippen LogP contribution in [0.2, 0.25) is 0 Å². The Labute approximate surface area is 227 Å². The van der Waals surface area contributed by atoms with Gasteiger partial charge in [-0.3, -0.25) is 9.79 Å². The molecule has 36 heavy (non-hydrogen) atoms. The first kappa shape index (κ1) is 25.7. The molecule has 1 aliphatic rings. The van der Waals surface area contributed by atoms with Crippen LogP contribution < -0.4 is 10.1 Å². The van der Waals surface area contributed by atoms with E-state index in [-0.39, 0.29) is 18.1 Å². The van der Waals surface area contributed by atoms with Crippen LogP contribution in [0.1, 0.15) is 54.1 Å². The molecule has 3 aromatic rings. The molecule has 0 radical (unpaired) electrons. The number of aliphatic imine (C=N–C) groups is 1. The maximum atomic E-state index is 12.6. The molecule has 0 saturated carbocycles. The fourth-order valence-corrected chi connectivity index (χ4v) is 5.08. The third-order valence-electron chi connectivity index (χ3n) is 6.00. The highest BCUT2D eigenvalue weighted by molar-refractivity contribution is 14.1. The number of carbonyl (C=O) groups is 1. The molecule has 4 nitrogen and oxygen atoms in total. The summed E-state index contributed by atoms with van der Waals surface area (Å²) in [5.74, 6) is 3.70. The molecular weight excluding hydrogens is 559 g/mol. The molecular formula is C31H29IN2O2. The zero-order valence-corrected chi connectivity index (χ0v) is 22.7. The number of carbonyl (C=O) groups excluding carboxylic acids is 1. The van der Waals surface area contributed by atoms with Crippen LogP contribution in [0.3, 0.4) is 0 Å². The molecule has 5 heteroatoms. The van der Waals surface area contributed by atoms with Crippen LogP contribution in [-0.2, 0) is 17.6 Å². The van der Waals surface area contributed by atoms with E-state index in [2.05, 4.69) is 44.9 Å². The third-order valence-corrected chi connectivity index (χ3v) is 6.85. The van der Waals surface area contributed by atoms with Gasteiger partial charge in [-0.1, -0.05) is 54.5 Å². The number of benzene rings is 3. The molecule has 0 heterocycles. The van der Waals surface area contributed by atoms with E-state index in [9.17, 15) is 4.79 Å². The van der Waals surface area contributed by atoms with Crippen molar-refractivity contribution < 1.29 is 9.53 Å². The number of hydrogen-bond acceptors (Lipinski definition) is 3. The highest BCUT2D eigenvalue weighted by Crippen LogP contribution is 2.36. The zero-order valence-electron chi connectivity index (χ0n) is 20.5. The summed E-state index contributed by atoms with van der Waals surface area (Å²) >= 11 is 2.27. The van der Waals surface area contributed by atoms with Crippen molar-refractivity contribution in [3.05, 3.63) is 104 Å². The van der Waals surface area contributed by atoms with Gasteiger partial charge in [0, 0.05) is 12.4 Å². The van der Waals surface area contributed by atoms with Gasteiger partial charge in [-0.25, -0.2) is 0 Å². The van der Waals surface area contributed by atoms with Gasteiger partial charge in [0.15, 0.2) is 0 Å². The average Bonchev–Trinajstić information content (AvgIpc) is 3.27. The van der Waals surface area contributed by atoms with E-state index in [1.807, 2.05) is 74.5 Å². The smallest absolute Gasteiger partial charge is 0.224 e. The standard InChI is InChI=1S/C31H29IN2O2/c1-4-24(20-33-19-23-13-16-30(28(32)17-23)36-21(2)3)25-11-8-12-27-26(25)14-15-29(27)34-31(35)18-22-9-6-5-7-10-22/h1,5-13,16-17,19-21,29H,14-15,18H2,2-3H3,(H,34,35)/b24-20+,33-19?/t29-/m0/s1. The number of allylic oxidation sites excluding steroid dienone is 1. The number of terminal acetylenes is 1. The summed E-state index contributed by atoms with van der Waals surface area (Å²) in [6.45, 7) is 4.03. The zero-order chi connectivity index (χ0) is 25.5. The molecule has 0 saturated heterocycles. The Morgan fingerprint density at radius 2 is 2.00 bits per heavy atom. The van der Waals surface area contributed by atoms with Crippen LogP contribution in [0, 0.1) is 15.9 Å². The minimum Gasteiger partial charge on any atom is -0.490 e. The predicted molar refractivity (Wildman–Crippen MR) is 155 cm³/mol. The maximum Gasteiger partial charge on any atom is 0.224 e. The van der Waals surface area contributed by atoms with Gasteiger partial charge in [-0.05, 0) is 95.3 Å². The van der Waals surface area contributed by atoms with Crippen molar-refractivity contribution in [2.45, 2.75) is 45.3 Å². The van der Waals surface area contributed by atoms with E-state index in [1.54, 1.807) is 12.4 Å². The second-order valence-electron chi connectivity index (χ2n) is 9.02. The fourth-order valence-electron chi connectivity index (χ4n) is 4.41. The molecule has 1 N–H and O–H groups in total. The van der Waals surface area contributed by atoms with Gasteiger partial charge in [-0.2, -0.15) is 0 Å². The minimum absolute atomic E-state index is 0.00710. The largest absolute Gasteiger partial charge is 0.490 e. The van der Waals surface area contributed by atoms with Crippen molar-refractivity contribution in [2.24, 2.45) is 4.99 Å². The summed E-state index contributed by atoms with van der Waals surface area (Å²) in [7, 11) is 0. The molecule has 1 atom stereocenters. The van der Waals surface area contributed by atoms with E-state index in [4.69, 9.17) is 11.2 Å². The Morgan fingerprint density at radius 1 is 1.19 bits per heavy atom. The number of ether oxygens (including phenoxy) is 1. The van der Waals surface area contributed by atoms with E-state index >= 15 is 0 Å². The molecule has 0 aromatic heterocycles. The van der Waals surface area contributed by atoms with Crippen LogP contribution in [-0.4, -0.2) is 18.2 Å². The van der Waals surface area contributed by atoms with E-state index < -0.39 is 0 Å². The predicted octanol–water partition coefficient (Wildman–Crippen LogP) is 6.52. The van der Waals surface area contributed by atoms with Crippen molar-refractivity contribution in [1.29, 1.82) is 0 Å². The number of amides is 1. The van der Waals surface area contributed by atoms with E-state index in [0.29, 0.717) is 6.42 Å². The summed E-state index contributed by atoms with van der Waals surface area (Å²) in [6.07, 6.45) is 11.7. The summed E-state index contributed by atoms with van der Waals surface area (Å²) in [4.78, 5) is 17.2. The summed E-state index contributed by atoms with van der Waals surface area (Å²) in [5, 5.41) is 3.20. The first-order valence-corrected chi connectivity index (χ1v) is 13.1. The lowest BCUT2D eigenvalue weighted by atomic mass is 9.97. The molecule has 0 unspecified atom stereocenters. The van der Waals surface area contributed by atoms with E-state index in [1.165, 1.54) is 5.56 Å². The van der Waals surface area contributed by atoms with Gasteiger partial charge in [0.1, 0.15) is 5.75 Å². The molecule has 4 rings (SSSR count). The summed E-state index contributed by atoms with van der Waals surface area (Å²) in [6, 6.07) is 21.9.